The highest BCUT2D eigenvalue weighted by molar-refractivity contribution is 6.30. The lowest BCUT2D eigenvalue weighted by Gasteiger charge is -2.42. The van der Waals surface area contributed by atoms with Crippen molar-refractivity contribution in [2.75, 3.05) is 18.1 Å². The number of hydrogen-bond donors (Lipinski definition) is 2. The predicted octanol–water partition coefficient (Wildman–Crippen LogP) is 8.37. The van der Waals surface area contributed by atoms with Gasteiger partial charge in [0.2, 0.25) is 0 Å². The average Bonchev–Trinajstić information content (AvgIpc) is 3.31. The summed E-state index contributed by atoms with van der Waals surface area (Å²) in [6.45, 7) is 9.60. The molecule has 0 saturated heterocycles. The predicted molar refractivity (Wildman–Crippen MR) is 171 cm³/mol. The summed E-state index contributed by atoms with van der Waals surface area (Å²) >= 11 is 6.00. The highest BCUT2D eigenvalue weighted by Gasteiger charge is 2.41. The molecule has 3 aromatic carbocycles. The smallest absolute Gasteiger partial charge is 0.119 e. The number of nitrogens with one attached hydrogen (secondary N) is 2. The van der Waals surface area contributed by atoms with Crippen LogP contribution in [0.5, 0.6) is 5.75 Å². The minimum absolute atomic E-state index is 0. The Hall–Kier alpha value is -2.66. The molecule has 1 atom stereocenters. The first-order valence-electron chi connectivity index (χ1n) is 14.6. The van der Waals surface area contributed by atoms with E-state index in [0.717, 1.165) is 49.5 Å². The number of rotatable bonds is 11. The zero-order valence-corrected chi connectivity index (χ0v) is 25.6. The van der Waals surface area contributed by atoms with Crippen LogP contribution in [0.4, 0.5) is 5.69 Å². The molecule has 2 aliphatic rings. The number of ether oxygens (including phenoxy) is 1. The maximum Gasteiger partial charge on any atom is 0.119 e. The van der Waals surface area contributed by atoms with Crippen molar-refractivity contribution < 1.29 is 4.74 Å². The fraction of sp³-hybridized carbons (Fsp3) is 0.412. The molecule has 0 spiro atoms. The summed E-state index contributed by atoms with van der Waals surface area (Å²) in [6, 6.07) is 23.6. The van der Waals surface area contributed by atoms with Gasteiger partial charge in [-0.05, 0) is 109 Å². The Bertz CT molecular complexity index is 1270. The Morgan fingerprint density at radius 2 is 1.77 bits per heavy atom. The quantitative estimate of drug-likeness (QED) is 0.239. The van der Waals surface area contributed by atoms with E-state index in [4.69, 9.17) is 16.3 Å². The number of anilines is 1. The van der Waals surface area contributed by atoms with Gasteiger partial charge in [-0.2, -0.15) is 0 Å². The molecule has 2 heterocycles. The molecule has 2 N–H and O–H groups in total. The van der Waals surface area contributed by atoms with Gasteiger partial charge in [-0.1, -0.05) is 57.0 Å². The number of hydrogen-bond acceptors (Lipinski definition) is 4. The second-order valence-electron chi connectivity index (χ2n) is 11.4. The van der Waals surface area contributed by atoms with Crippen LogP contribution in [-0.4, -0.2) is 18.8 Å². The molecule has 5 rings (SSSR count). The van der Waals surface area contributed by atoms with E-state index in [0.29, 0.717) is 12.5 Å². The van der Waals surface area contributed by atoms with Crippen LogP contribution >= 0.6 is 24.0 Å². The monoisotopic (exact) mass is 579 g/mol. The SMILES string of the molecule is CCCCC1(CC(C)C)NC(c2ccc(OCCc3ccc(Cl)cc3)cc2)=CN1c1ccc2c(c1)CNCC2.Cl. The summed E-state index contributed by atoms with van der Waals surface area (Å²) in [6.07, 6.45) is 8.84. The van der Waals surface area contributed by atoms with Gasteiger partial charge in [0.1, 0.15) is 11.4 Å². The van der Waals surface area contributed by atoms with Crippen LogP contribution in [0.1, 0.15) is 68.7 Å². The Labute approximate surface area is 251 Å². The largest absolute Gasteiger partial charge is 0.493 e. The van der Waals surface area contributed by atoms with Crippen LogP contribution in [0.25, 0.3) is 5.70 Å². The topological polar surface area (TPSA) is 36.5 Å². The van der Waals surface area contributed by atoms with Crippen molar-refractivity contribution in [3.63, 3.8) is 0 Å². The highest BCUT2D eigenvalue weighted by atomic mass is 35.5. The van der Waals surface area contributed by atoms with Crippen LogP contribution in [0, 0.1) is 5.92 Å². The number of halogens is 2. The van der Waals surface area contributed by atoms with Crippen molar-refractivity contribution in [3.05, 3.63) is 100 Å². The van der Waals surface area contributed by atoms with Gasteiger partial charge in [0.25, 0.3) is 0 Å². The van der Waals surface area contributed by atoms with Gasteiger partial charge < -0.3 is 20.3 Å². The molecule has 0 bridgehead atoms. The minimum Gasteiger partial charge on any atom is -0.493 e. The van der Waals surface area contributed by atoms with E-state index in [9.17, 15) is 0 Å². The molecular formula is C34H43Cl2N3O. The summed E-state index contributed by atoms with van der Waals surface area (Å²) in [5.74, 6) is 1.46. The van der Waals surface area contributed by atoms with Gasteiger partial charge in [0.15, 0.2) is 0 Å². The van der Waals surface area contributed by atoms with Crippen molar-refractivity contribution in [3.8, 4) is 5.75 Å². The lowest BCUT2D eigenvalue weighted by atomic mass is 9.90. The molecule has 0 aliphatic carbocycles. The number of nitrogens with zero attached hydrogens (tertiary/aromatic N) is 1. The van der Waals surface area contributed by atoms with Gasteiger partial charge in [-0.25, -0.2) is 0 Å². The third kappa shape index (κ3) is 7.15. The summed E-state index contributed by atoms with van der Waals surface area (Å²) in [4.78, 5) is 2.53. The molecule has 6 heteroatoms. The number of benzene rings is 3. The lowest BCUT2D eigenvalue weighted by Crippen LogP contribution is -2.53. The summed E-state index contributed by atoms with van der Waals surface area (Å²) in [5.41, 5.74) is 7.63. The molecule has 0 aromatic heterocycles. The van der Waals surface area contributed by atoms with Crippen molar-refractivity contribution >= 4 is 35.4 Å². The minimum atomic E-state index is -0.135. The van der Waals surface area contributed by atoms with E-state index < -0.39 is 0 Å². The van der Waals surface area contributed by atoms with Gasteiger partial charge >= 0.3 is 0 Å². The molecule has 3 aromatic rings. The summed E-state index contributed by atoms with van der Waals surface area (Å²) < 4.78 is 6.06. The molecule has 2 aliphatic heterocycles. The maximum atomic E-state index is 6.06. The molecule has 0 amide bonds. The van der Waals surface area contributed by atoms with E-state index >= 15 is 0 Å². The first-order chi connectivity index (χ1) is 19.0. The Balaban J connectivity index is 0.00000370. The van der Waals surface area contributed by atoms with E-state index in [1.807, 2.05) is 12.1 Å². The molecule has 214 valence electrons. The van der Waals surface area contributed by atoms with Crippen molar-refractivity contribution in [2.24, 2.45) is 5.92 Å². The first kappa shape index (κ1) is 30.3. The number of unbranched alkanes of at least 4 members (excludes halogenated alkanes) is 1. The summed E-state index contributed by atoms with van der Waals surface area (Å²) in [7, 11) is 0. The Morgan fingerprint density at radius 3 is 2.50 bits per heavy atom. The van der Waals surface area contributed by atoms with Crippen molar-refractivity contribution in [1.29, 1.82) is 0 Å². The van der Waals surface area contributed by atoms with Gasteiger partial charge in [0.05, 0.1) is 12.3 Å². The van der Waals surface area contributed by atoms with Crippen LogP contribution < -0.4 is 20.3 Å². The Morgan fingerprint density at radius 1 is 1.00 bits per heavy atom. The molecule has 0 radical (unpaired) electrons. The molecule has 0 fully saturated rings. The zero-order valence-electron chi connectivity index (χ0n) is 24.0. The molecule has 40 heavy (non-hydrogen) atoms. The summed E-state index contributed by atoms with van der Waals surface area (Å²) in [5, 5.41) is 8.33. The number of fused-ring (bicyclic) bond motifs is 1. The van der Waals surface area contributed by atoms with Gasteiger partial charge in [-0.3, -0.25) is 0 Å². The highest BCUT2D eigenvalue weighted by Crippen LogP contribution is 2.40. The third-order valence-electron chi connectivity index (χ3n) is 7.87. The van der Waals surface area contributed by atoms with E-state index in [2.05, 4.69) is 97.1 Å². The second-order valence-corrected chi connectivity index (χ2v) is 11.8. The van der Waals surface area contributed by atoms with E-state index in [1.54, 1.807) is 0 Å². The van der Waals surface area contributed by atoms with Crippen LogP contribution in [-0.2, 0) is 19.4 Å². The standard InChI is InChI=1S/C34H42ClN3O.ClH/c1-4-5-18-34(22-25(2)3)37-33(24-38(34)31-13-8-27-16-19-36-23-29(27)21-31)28-9-14-32(15-10-28)39-20-17-26-6-11-30(35)12-7-26;/h6-15,21,24-25,36-37H,4-5,16-20,22-23H2,1-3H3;1H. The van der Waals surface area contributed by atoms with E-state index in [1.165, 1.54) is 46.5 Å². The normalized spacial score (nSPS) is 18.1. The lowest BCUT2D eigenvalue weighted by molar-refractivity contribution is 0.290. The van der Waals surface area contributed by atoms with Crippen LogP contribution in [0.2, 0.25) is 5.02 Å². The fourth-order valence-electron chi connectivity index (χ4n) is 5.93. The van der Waals surface area contributed by atoms with Gasteiger partial charge in [-0.15, -0.1) is 12.4 Å². The third-order valence-corrected chi connectivity index (χ3v) is 8.12. The van der Waals surface area contributed by atoms with Crippen molar-refractivity contribution in [2.45, 2.75) is 71.5 Å². The molecule has 4 nitrogen and oxygen atoms in total. The maximum absolute atomic E-state index is 6.06. The molecular weight excluding hydrogens is 537 g/mol. The fourth-order valence-corrected chi connectivity index (χ4v) is 6.05. The van der Waals surface area contributed by atoms with Crippen LogP contribution in [0.15, 0.2) is 72.9 Å². The Kier molecular flexibility index (Phi) is 10.5. The van der Waals surface area contributed by atoms with Crippen LogP contribution in [0.3, 0.4) is 0 Å². The van der Waals surface area contributed by atoms with Gasteiger partial charge in [0, 0.05) is 29.9 Å². The first-order valence-corrected chi connectivity index (χ1v) is 14.9. The van der Waals surface area contributed by atoms with E-state index in [-0.39, 0.29) is 18.1 Å². The second kappa shape index (κ2) is 13.8. The van der Waals surface area contributed by atoms with Crippen molar-refractivity contribution in [1.82, 2.24) is 10.6 Å². The zero-order chi connectivity index (χ0) is 27.2. The molecule has 0 saturated carbocycles. The average molecular weight is 581 g/mol. The molecule has 1 unspecified atom stereocenters.